The Morgan fingerprint density at radius 1 is 0.460 bits per heavy atom. The van der Waals surface area contributed by atoms with E-state index in [-0.39, 0.29) is 44.6 Å². The van der Waals surface area contributed by atoms with Crippen LogP contribution in [0.4, 0.5) is 0 Å². The molecule has 50 heavy (non-hydrogen) atoms. The highest BCUT2D eigenvalue weighted by atomic mass is 32.2. The van der Waals surface area contributed by atoms with Crippen LogP contribution in [0.25, 0.3) is 0 Å². The van der Waals surface area contributed by atoms with Gasteiger partial charge in [0.05, 0.1) is 66.3 Å². The first-order chi connectivity index (χ1) is 23.7. The van der Waals surface area contributed by atoms with Crippen LogP contribution in [0, 0.1) is 35.5 Å². The molecule has 7 rings (SSSR count). The second-order valence-corrected chi connectivity index (χ2v) is 14.3. The van der Waals surface area contributed by atoms with Gasteiger partial charge >= 0.3 is 20.2 Å². The van der Waals surface area contributed by atoms with Gasteiger partial charge in [0, 0.05) is 36.1 Å². The maximum Gasteiger partial charge on any atom is 0.325 e. The third-order valence-corrected chi connectivity index (χ3v) is 11.6. The Morgan fingerprint density at radius 2 is 0.720 bits per heavy atom. The summed E-state index contributed by atoms with van der Waals surface area (Å²) in [5.74, 6) is -12.7. The molecule has 18 nitrogen and oxygen atoms in total. The van der Waals surface area contributed by atoms with Gasteiger partial charge in [-0.05, 0) is 0 Å². The maximum absolute atomic E-state index is 13.7. The third-order valence-electron chi connectivity index (χ3n) is 9.11. The molecule has 2 aromatic rings. The summed E-state index contributed by atoms with van der Waals surface area (Å²) in [4.78, 5) is 53.7. The van der Waals surface area contributed by atoms with Crippen LogP contribution in [0.2, 0.25) is 0 Å². The summed E-state index contributed by atoms with van der Waals surface area (Å²) in [7, 11) is -2.63. The van der Waals surface area contributed by atoms with E-state index in [2.05, 4.69) is 0 Å². The first-order valence-corrected chi connectivity index (χ1v) is 17.4. The van der Waals surface area contributed by atoms with Crippen LogP contribution < -0.4 is 28.4 Å². The number of carbonyl (C=O) groups excluding carboxylic acids is 4. The molecule has 3 fully saturated rings. The Balaban J connectivity index is 1.30. The molecule has 2 bridgehead atoms. The van der Waals surface area contributed by atoms with E-state index in [9.17, 15) is 36.0 Å². The van der Waals surface area contributed by atoms with Gasteiger partial charge in [-0.15, -0.1) is 18.7 Å². The number of carbonyl (C=O) groups is 4. The molecule has 0 aromatic heterocycles. The summed E-state index contributed by atoms with van der Waals surface area (Å²) in [6, 6.07) is 4.90. The van der Waals surface area contributed by atoms with E-state index < -0.39 is 89.2 Å². The second kappa shape index (κ2) is 12.4. The topological polar surface area (TPSA) is 217 Å². The summed E-state index contributed by atoms with van der Waals surface area (Å²) in [6.45, 7) is 0. The molecule has 2 heterocycles. The molecule has 0 radical (unpaired) electrons. The van der Waals surface area contributed by atoms with Gasteiger partial charge in [-0.2, -0.15) is 16.8 Å². The van der Waals surface area contributed by atoms with Crippen LogP contribution >= 0.6 is 0 Å². The molecule has 4 amide bonds. The highest BCUT2D eigenvalue weighted by Crippen LogP contribution is 2.58. The second-order valence-electron chi connectivity index (χ2n) is 11.4. The zero-order valence-electron chi connectivity index (χ0n) is 27.2. The van der Waals surface area contributed by atoms with Gasteiger partial charge in [-0.3, -0.25) is 19.2 Å². The number of hydrogen-bond donors (Lipinski definition) is 0. The van der Waals surface area contributed by atoms with Crippen molar-refractivity contribution in [2.45, 2.75) is 9.79 Å². The van der Waals surface area contributed by atoms with Gasteiger partial charge in [0.1, 0.15) is 34.5 Å². The number of rotatable bonds is 12. The molecule has 0 N–H and O–H groups in total. The smallest absolute Gasteiger partial charge is 0.325 e. The number of hydrogen-bond acceptors (Lipinski definition) is 16. The largest absolute Gasteiger partial charge is 0.496 e. The normalized spacial score (nSPS) is 25.5. The van der Waals surface area contributed by atoms with Crippen molar-refractivity contribution in [3.8, 4) is 34.5 Å². The van der Waals surface area contributed by atoms with Gasteiger partial charge in [0.25, 0.3) is 23.6 Å². The highest BCUT2D eigenvalue weighted by Gasteiger charge is 2.70. The van der Waals surface area contributed by atoms with Gasteiger partial charge in [-0.1, -0.05) is 12.2 Å². The number of ether oxygens (including phenoxy) is 6. The van der Waals surface area contributed by atoms with Crippen LogP contribution in [0.1, 0.15) is 0 Å². The van der Waals surface area contributed by atoms with Crippen molar-refractivity contribution in [1.29, 1.82) is 0 Å². The molecular formula is C30H30N2O16S2. The van der Waals surface area contributed by atoms with E-state index in [1.54, 1.807) is 0 Å². The quantitative estimate of drug-likeness (QED) is 0.216. The Hall–Kier alpha value is -4.92. The van der Waals surface area contributed by atoms with Crippen molar-refractivity contribution >= 4 is 43.9 Å². The molecule has 2 aromatic carbocycles. The number of imide groups is 2. The van der Waals surface area contributed by atoms with E-state index in [0.717, 1.165) is 0 Å². The van der Waals surface area contributed by atoms with E-state index in [4.69, 9.17) is 37.0 Å². The molecule has 1 saturated carbocycles. The predicted molar refractivity (Wildman–Crippen MR) is 163 cm³/mol. The fourth-order valence-electron chi connectivity index (χ4n) is 7.03. The van der Waals surface area contributed by atoms with Crippen molar-refractivity contribution in [2.24, 2.45) is 35.5 Å². The van der Waals surface area contributed by atoms with Crippen LogP contribution in [-0.2, 0) is 48.0 Å². The van der Waals surface area contributed by atoms with Crippen molar-refractivity contribution in [2.75, 3.05) is 42.7 Å². The number of amides is 4. The molecule has 20 heteroatoms. The summed E-state index contributed by atoms with van der Waals surface area (Å²) in [6.07, 6.45) is 2.93. The molecule has 3 aliphatic carbocycles. The molecular weight excluding hydrogens is 708 g/mol. The first kappa shape index (κ1) is 34.9. The number of benzene rings is 2. The van der Waals surface area contributed by atoms with Gasteiger partial charge in [0.2, 0.25) is 0 Å². The van der Waals surface area contributed by atoms with Gasteiger partial charge in [0.15, 0.2) is 9.79 Å². The molecule has 268 valence electrons. The van der Waals surface area contributed by atoms with E-state index in [1.807, 2.05) is 0 Å². The van der Waals surface area contributed by atoms with Crippen molar-refractivity contribution in [3.05, 3.63) is 36.4 Å². The minimum absolute atomic E-state index is 0.0950. The van der Waals surface area contributed by atoms with E-state index in [1.165, 1.54) is 79.1 Å². The SMILES string of the molecule is COc1cc(OC)c(S(=O)(=O)ON2C(=O)C3C4C=CC(C3C2=O)C2C(=O)N(OS(=O)(=O)c3c(OC)cc(OC)cc3OC)C(=O)C42)c(OC)c1. The minimum atomic E-state index is -4.99. The molecule has 5 aliphatic rings. The summed E-state index contributed by atoms with van der Waals surface area (Å²) in [5.41, 5.74) is 0. The van der Waals surface area contributed by atoms with Gasteiger partial charge < -0.3 is 28.4 Å². The standard InChI is InChI=1S/C30H30N2O16S2/c1-41-13-9-17(43-3)25(18(10-13)44-4)49(37,38)47-31-27(33)21-15-7-8-16(22(21)28(31)34)24-23(15)29(35)32(30(24)36)48-50(39,40)26-19(45-5)11-14(42-2)12-20(26)46-6/h7-12,15-16,21-24H,1-6H3. The lowest BCUT2D eigenvalue weighted by Crippen LogP contribution is -2.50. The van der Waals surface area contributed by atoms with Crippen LogP contribution in [-0.4, -0.2) is 93.2 Å². The number of methoxy groups -OCH3 is 6. The van der Waals surface area contributed by atoms with Crippen molar-refractivity contribution in [3.63, 3.8) is 0 Å². The average Bonchev–Trinajstić information content (AvgIpc) is 3.52. The zero-order valence-corrected chi connectivity index (χ0v) is 28.8. The maximum atomic E-state index is 13.7. The lowest BCUT2D eigenvalue weighted by atomic mass is 9.54. The Labute approximate surface area is 285 Å². The number of nitrogens with zero attached hydrogens (tertiary/aromatic N) is 2. The number of hydroxylamine groups is 4. The summed E-state index contributed by atoms with van der Waals surface area (Å²) in [5, 5.41) is 0.190. The van der Waals surface area contributed by atoms with Gasteiger partial charge in [-0.25, -0.2) is 0 Å². The van der Waals surface area contributed by atoms with Crippen LogP contribution in [0.5, 0.6) is 34.5 Å². The fraction of sp³-hybridized carbons (Fsp3) is 0.400. The molecule has 4 unspecified atom stereocenters. The lowest BCUT2D eigenvalue weighted by molar-refractivity contribution is -0.166. The fourth-order valence-corrected chi connectivity index (χ4v) is 9.42. The highest BCUT2D eigenvalue weighted by molar-refractivity contribution is 7.87. The molecule has 0 spiro atoms. The van der Waals surface area contributed by atoms with Crippen molar-refractivity contribution < 1.29 is 73.0 Å². The van der Waals surface area contributed by atoms with Crippen LogP contribution in [0.3, 0.4) is 0 Å². The third kappa shape index (κ3) is 5.12. The molecule has 4 atom stereocenters. The van der Waals surface area contributed by atoms with Crippen LogP contribution in [0.15, 0.2) is 46.2 Å². The van der Waals surface area contributed by atoms with E-state index >= 15 is 0 Å². The lowest BCUT2D eigenvalue weighted by Gasteiger charge is -2.44. The van der Waals surface area contributed by atoms with E-state index in [0.29, 0.717) is 0 Å². The minimum Gasteiger partial charge on any atom is -0.496 e. The van der Waals surface area contributed by atoms with Crippen molar-refractivity contribution in [1.82, 2.24) is 10.1 Å². The number of allylic oxidation sites excluding steroid dienone is 2. The molecule has 2 aliphatic heterocycles. The Morgan fingerprint density at radius 3 is 0.940 bits per heavy atom. The monoisotopic (exact) mass is 738 g/mol. The summed E-state index contributed by atoms with van der Waals surface area (Å²) >= 11 is 0. The Kier molecular flexibility index (Phi) is 8.69. The Bertz CT molecular complexity index is 1820. The summed E-state index contributed by atoms with van der Waals surface area (Å²) < 4.78 is 95.4. The molecule has 2 saturated heterocycles. The predicted octanol–water partition coefficient (Wildman–Crippen LogP) is 0.697. The zero-order chi connectivity index (χ0) is 36.4. The first-order valence-electron chi connectivity index (χ1n) is 14.6. The average molecular weight is 739 g/mol.